The highest BCUT2D eigenvalue weighted by Gasteiger charge is 2.12. The van der Waals surface area contributed by atoms with E-state index in [1.54, 1.807) is 0 Å². The topological polar surface area (TPSA) is 84.8 Å². The fourth-order valence-electron chi connectivity index (χ4n) is 1.48. The lowest BCUT2D eigenvalue weighted by atomic mass is 10.2. The maximum absolute atomic E-state index is 13.0. The highest BCUT2D eigenvalue weighted by Crippen LogP contribution is 2.03. The first-order chi connectivity index (χ1) is 8.50. The molecule has 0 aliphatic heterocycles. The summed E-state index contributed by atoms with van der Waals surface area (Å²) < 4.78 is 13.7. The summed E-state index contributed by atoms with van der Waals surface area (Å²) in [5.74, 6) is -1.18. The second-order valence-corrected chi connectivity index (χ2v) is 3.57. The largest absolute Gasteiger partial charge is 0.333 e. The molecule has 18 heavy (non-hydrogen) atoms. The molecule has 6 nitrogen and oxygen atoms in total. The van der Waals surface area contributed by atoms with Gasteiger partial charge in [-0.25, -0.2) is 13.8 Å². The Hall–Kier alpha value is -2.57. The number of Topliss-reactive ketones (excluding diaryl/α,β-unsaturated/α-hetero) is 1. The van der Waals surface area contributed by atoms with Crippen LogP contribution in [0.5, 0.6) is 0 Å². The van der Waals surface area contributed by atoms with Crippen LogP contribution in [-0.2, 0) is 0 Å². The lowest BCUT2D eigenvalue weighted by Gasteiger charge is -2.04. The van der Waals surface area contributed by atoms with E-state index in [1.165, 1.54) is 6.92 Å². The molecular weight excluding hydrogens is 241 g/mol. The van der Waals surface area contributed by atoms with Crippen molar-refractivity contribution in [1.29, 1.82) is 0 Å². The van der Waals surface area contributed by atoms with Gasteiger partial charge < -0.3 is 4.98 Å². The van der Waals surface area contributed by atoms with Gasteiger partial charge in [-0.2, -0.15) is 0 Å². The third-order valence-corrected chi connectivity index (χ3v) is 2.30. The fourth-order valence-corrected chi connectivity index (χ4v) is 1.48. The van der Waals surface area contributed by atoms with E-state index in [-0.39, 0.29) is 11.3 Å². The molecular formula is C11H8FN3O3. The van der Waals surface area contributed by atoms with Gasteiger partial charge in [0.05, 0.1) is 23.6 Å². The van der Waals surface area contributed by atoms with Crippen LogP contribution in [0, 0.1) is 5.82 Å². The molecule has 0 aliphatic carbocycles. The second kappa shape index (κ2) is 4.36. The van der Waals surface area contributed by atoms with E-state index in [1.807, 2.05) is 0 Å². The summed E-state index contributed by atoms with van der Waals surface area (Å²) in [6.07, 6.45) is 3.14. The molecule has 2 heterocycles. The first kappa shape index (κ1) is 11.9. The molecule has 2 rings (SSSR count). The van der Waals surface area contributed by atoms with Crippen molar-refractivity contribution >= 4 is 5.78 Å². The molecule has 0 fully saturated rings. The van der Waals surface area contributed by atoms with E-state index in [0.29, 0.717) is 4.57 Å². The molecule has 0 spiro atoms. The Morgan fingerprint density at radius 1 is 1.39 bits per heavy atom. The Morgan fingerprint density at radius 3 is 2.72 bits per heavy atom. The summed E-state index contributed by atoms with van der Waals surface area (Å²) in [5, 5.41) is 0. The molecule has 2 aromatic heterocycles. The lowest BCUT2D eigenvalue weighted by molar-refractivity contribution is 0.101. The van der Waals surface area contributed by atoms with Gasteiger partial charge in [-0.1, -0.05) is 0 Å². The second-order valence-electron chi connectivity index (χ2n) is 3.57. The Bertz CT molecular complexity index is 733. The number of hydrogen-bond acceptors (Lipinski definition) is 4. The molecule has 2 aromatic rings. The molecule has 0 bridgehead atoms. The van der Waals surface area contributed by atoms with Gasteiger partial charge in [0.25, 0.3) is 5.56 Å². The number of hydrogen-bond donors (Lipinski definition) is 1. The standard InChI is InChI=1S/C11H8FN3O3/c1-6(16)9-5-14-11(18)15(10(9)17)8-2-7(12)3-13-4-8/h2-5H,1H3,(H,14,18). The number of halogens is 1. The van der Waals surface area contributed by atoms with Gasteiger partial charge in [0.15, 0.2) is 5.78 Å². The molecule has 0 saturated heterocycles. The molecule has 1 N–H and O–H groups in total. The summed E-state index contributed by atoms with van der Waals surface area (Å²) in [6.45, 7) is 1.20. The molecule has 0 radical (unpaired) electrons. The summed E-state index contributed by atoms with van der Waals surface area (Å²) in [6, 6.07) is 0.980. The molecule has 0 aromatic carbocycles. The quantitative estimate of drug-likeness (QED) is 0.774. The Balaban J connectivity index is 2.79. The number of rotatable bonds is 2. The number of aromatic nitrogens is 3. The average molecular weight is 249 g/mol. The first-order valence-corrected chi connectivity index (χ1v) is 4.97. The van der Waals surface area contributed by atoms with Crippen LogP contribution in [0.3, 0.4) is 0 Å². The van der Waals surface area contributed by atoms with Crippen LogP contribution in [0.15, 0.2) is 34.2 Å². The predicted octanol–water partition coefficient (Wildman–Crippen LogP) is 0.263. The van der Waals surface area contributed by atoms with Crippen LogP contribution in [0.25, 0.3) is 5.69 Å². The number of nitrogens with one attached hydrogen (secondary N) is 1. The van der Waals surface area contributed by atoms with E-state index >= 15 is 0 Å². The summed E-state index contributed by atoms with van der Waals surface area (Å²) in [4.78, 5) is 40.5. The Kier molecular flexibility index (Phi) is 2.88. The minimum Gasteiger partial charge on any atom is -0.313 e. The van der Waals surface area contributed by atoms with Crippen LogP contribution >= 0.6 is 0 Å². The van der Waals surface area contributed by atoms with Crippen LogP contribution in [0.4, 0.5) is 4.39 Å². The lowest BCUT2D eigenvalue weighted by Crippen LogP contribution is -2.36. The van der Waals surface area contributed by atoms with Crippen LogP contribution in [-0.4, -0.2) is 20.3 Å². The van der Waals surface area contributed by atoms with Crippen LogP contribution in [0.2, 0.25) is 0 Å². The zero-order valence-electron chi connectivity index (χ0n) is 9.31. The number of aromatic amines is 1. The van der Waals surface area contributed by atoms with Crippen molar-refractivity contribution in [2.45, 2.75) is 6.92 Å². The number of nitrogens with zero attached hydrogens (tertiary/aromatic N) is 2. The van der Waals surface area contributed by atoms with E-state index in [9.17, 15) is 18.8 Å². The normalized spacial score (nSPS) is 10.3. The number of ketones is 1. The molecule has 7 heteroatoms. The molecule has 0 aliphatic rings. The molecule has 0 atom stereocenters. The maximum atomic E-state index is 13.0. The third-order valence-electron chi connectivity index (χ3n) is 2.30. The summed E-state index contributed by atoms with van der Waals surface area (Å²) in [5.41, 5.74) is -1.79. The highest BCUT2D eigenvalue weighted by molar-refractivity contribution is 5.93. The highest BCUT2D eigenvalue weighted by atomic mass is 19.1. The minimum absolute atomic E-state index is 0.0376. The van der Waals surface area contributed by atoms with Crippen molar-refractivity contribution in [2.24, 2.45) is 0 Å². The SMILES string of the molecule is CC(=O)c1c[nH]c(=O)n(-c2cncc(F)c2)c1=O. The Labute approximate surface area is 99.7 Å². The zero-order chi connectivity index (χ0) is 13.3. The smallest absolute Gasteiger partial charge is 0.313 e. The van der Waals surface area contributed by atoms with Crippen molar-refractivity contribution in [3.8, 4) is 5.69 Å². The third kappa shape index (κ3) is 1.97. The maximum Gasteiger partial charge on any atom is 0.333 e. The molecule has 0 saturated carbocycles. The van der Waals surface area contributed by atoms with Crippen molar-refractivity contribution in [3.63, 3.8) is 0 Å². The summed E-state index contributed by atoms with van der Waals surface area (Å²) >= 11 is 0. The van der Waals surface area contributed by atoms with Gasteiger partial charge in [-0.05, 0) is 6.92 Å². The number of carbonyl (C=O) groups excluding carboxylic acids is 1. The van der Waals surface area contributed by atoms with E-state index in [2.05, 4.69) is 9.97 Å². The van der Waals surface area contributed by atoms with Crippen molar-refractivity contribution in [2.75, 3.05) is 0 Å². The minimum atomic E-state index is -0.807. The van der Waals surface area contributed by atoms with E-state index in [4.69, 9.17) is 0 Å². The fraction of sp³-hybridized carbons (Fsp3) is 0.0909. The van der Waals surface area contributed by atoms with Gasteiger partial charge in [-0.15, -0.1) is 0 Å². The van der Waals surface area contributed by atoms with Gasteiger partial charge in [0, 0.05) is 12.3 Å². The van der Waals surface area contributed by atoms with Gasteiger partial charge in [-0.3, -0.25) is 14.6 Å². The van der Waals surface area contributed by atoms with Gasteiger partial charge in [0.1, 0.15) is 5.82 Å². The molecule has 0 amide bonds. The monoisotopic (exact) mass is 249 g/mol. The number of pyridine rings is 1. The van der Waals surface area contributed by atoms with Crippen molar-refractivity contribution < 1.29 is 9.18 Å². The van der Waals surface area contributed by atoms with Gasteiger partial charge >= 0.3 is 5.69 Å². The number of H-pyrrole nitrogens is 1. The van der Waals surface area contributed by atoms with Crippen molar-refractivity contribution in [3.05, 3.63) is 56.9 Å². The van der Waals surface area contributed by atoms with Crippen LogP contribution < -0.4 is 11.2 Å². The van der Waals surface area contributed by atoms with E-state index in [0.717, 1.165) is 24.7 Å². The number of carbonyl (C=O) groups is 1. The molecule has 92 valence electrons. The van der Waals surface area contributed by atoms with Gasteiger partial charge in [0.2, 0.25) is 0 Å². The van der Waals surface area contributed by atoms with E-state index < -0.39 is 22.8 Å². The molecule has 0 unspecified atom stereocenters. The predicted molar refractivity (Wildman–Crippen MR) is 60.4 cm³/mol. The summed E-state index contributed by atoms with van der Waals surface area (Å²) in [7, 11) is 0. The van der Waals surface area contributed by atoms with Crippen molar-refractivity contribution in [1.82, 2.24) is 14.5 Å². The Morgan fingerprint density at radius 2 is 2.11 bits per heavy atom. The first-order valence-electron chi connectivity index (χ1n) is 4.97. The zero-order valence-corrected chi connectivity index (χ0v) is 9.31. The average Bonchev–Trinajstić information content (AvgIpc) is 2.28. The van der Waals surface area contributed by atoms with Crippen LogP contribution in [0.1, 0.15) is 17.3 Å².